The maximum absolute atomic E-state index is 13.3. The Kier molecular flexibility index (Phi) is 8.24. The summed E-state index contributed by atoms with van der Waals surface area (Å²) >= 11 is 3.01. The summed E-state index contributed by atoms with van der Waals surface area (Å²) in [5, 5.41) is 13.1. The van der Waals surface area contributed by atoms with Gasteiger partial charge in [0.25, 0.3) is 0 Å². The highest BCUT2D eigenvalue weighted by atomic mass is 32.2. The summed E-state index contributed by atoms with van der Waals surface area (Å²) in [6.07, 6.45) is 11.5. The highest BCUT2D eigenvalue weighted by Gasteiger charge is 2.33. The fraction of sp³-hybridized carbons (Fsp3) is 0.762. The molecular formula is C21H33N3O3S2. The molecule has 0 aliphatic heterocycles. The Morgan fingerprint density at radius 2 is 1.66 bits per heavy atom. The standard InChI is InChI=1S/C21H33N3O3S2/c1-14(2)28-19-17(13-18(25)26)22-20(29-19)23-21(27)24(15-9-5-3-6-10-15)16-11-7-4-8-12-16/h14-16H,3-13H2,1-2H3,(H,25,26)(H,22,23,27). The van der Waals surface area contributed by atoms with E-state index in [1.165, 1.54) is 49.9 Å². The van der Waals surface area contributed by atoms with Gasteiger partial charge in [0.1, 0.15) is 0 Å². The van der Waals surface area contributed by atoms with Crippen LogP contribution in [-0.2, 0) is 11.2 Å². The van der Waals surface area contributed by atoms with Crippen molar-refractivity contribution < 1.29 is 14.7 Å². The van der Waals surface area contributed by atoms with Crippen molar-refractivity contribution in [3.8, 4) is 0 Å². The largest absolute Gasteiger partial charge is 0.481 e. The summed E-state index contributed by atoms with van der Waals surface area (Å²) < 4.78 is 0.889. The molecule has 1 heterocycles. The molecule has 2 fully saturated rings. The summed E-state index contributed by atoms with van der Waals surface area (Å²) in [5.74, 6) is -0.898. The molecule has 2 aliphatic carbocycles. The summed E-state index contributed by atoms with van der Waals surface area (Å²) in [4.78, 5) is 31.1. The molecule has 3 rings (SSSR count). The number of carboxylic acid groups (broad SMARTS) is 1. The second-order valence-electron chi connectivity index (χ2n) is 8.41. The molecule has 6 nitrogen and oxygen atoms in total. The van der Waals surface area contributed by atoms with Gasteiger partial charge in [0.15, 0.2) is 5.13 Å². The minimum absolute atomic E-state index is 0.0551. The van der Waals surface area contributed by atoms with Crippen molar-refractivity contribution in [3.05, 3.63) is 5.69 Å². The molecule has 0 saturated heterocycles. The topological polar surface area (TPSA) is 82.5 Å². The van der Waals surface area contributed by atoms with E-state index in [1.54, 1.807) is 11.8 Å². The van der Waals surface area contributed by atoms with Gasteiger partial charge >= 0.3 is 12.0 Å². The normalized spacial score (nSPS) is 18.7. The number of carbonyl (C=O) groups excluding carboxylic acids is 1. The average molecular weight is 440 g/mol. The highest BCUT2D eigenvalue weighted by Crippen LogP contribution is 2.36. The third-order valence-electron chi connectivity index (χ3n) is 5.71. The summed E-state index contributed by atoms with van der Waals surface area (Å²) in [6, 6.07) is 0.574. The van der Waals surface area contributed by atoms with Crippen molar-refractivity contribution in [3.63, 3.8) is 0 Å². The number of nitrogens with one attached hydrogen (secondary N) is 1. The Morgan fingerprint density at radius 3 is 2.14 bits per heavy atom. The zero-order chi connectivity index (χ0) is 20.8. The molecule has 2 aliphatic rings. The number of urea groups is 1. The third kappa shape index (κ3) is 6.35. The predicted octanol–water partition coefficient (Wildman–Crippen LogP) is 5.77. The Bertz CT molecular complexity index is 677. The van der Waals surface area contributed by atoms with Crippen molar-refractivity contribution in [2.45, 2.75) is 106 Å². The van der Waals surface area contributed by atoms with E-state index >= 15 is 0 Å². The van der Waals surface area contributed by atoms with Crippen LogP contribution in [0.4, 0.5) is 9.93 Å². The summed E-state index contributed by atoms with van der Waals surface area (Å²) in [5.41, 5.74) is 0.554. The molecule has 2 N–H and O–H groups in total. The molecule has 2 amide bonds. The minimum atomic E-state index is -0.898. The van der Waals surface area contributed by atoms with Crippen LogP contribution in [0, 0.1) is 0 Å². The van der Waals surface area contributed by atoms with E-state index in [0.717, 1.165) is 29.9 Å². The lowest BCUT2D eigenvalue weighted by atomic mass is 9.89. The van der Waals surface area contributed by atoms with Crippen LogP contribution in [-0.4, -0.2) is 44.3 Å². The Balaban J connectivity index is 1.77. The minimum Gasteiger partial charge on any atom is -0.481 e. The first kappa shape index (κ1) is 22.4. The number of anilines is 1. The molecule has 1 aromatic rings. The number of aromatic nitrogens is 1. The van der Waals surface area contributed by atoms with Gasteiger partial charge in [-0.3, -0.25) is 10.1 Å². The number of thiazole rings is 1. The first-order chi connectivity index (χ1) is 13.9. The molecule has 162 valence electrons. The summed E-state index contributed by atoms with van der Waals surface area (Å²) in [6.45, 7) is 4.14. The van der Waals surface area contributed by atoms with Crippen LogP contribution in [0.3, 0.4) is 0 Å². The quantitative estimate of drug-likeness (QED) is 0.527. The number of rotatable bonds is 7. The first-order valence-electron chi connectivity index (χ1n) is 10.9. The number of hydrogen-bond donors (Lipinski definition) is 2. The maximum atomic E-state index is 13.3. The molecule has 0 unspecified atom stereocenters. The second-order valence-corrected chi connectivity index (χ2v) is 11.3. The lowest BCUT2D eigenvalue weighted by Gasteiger charge is -2.41. The van der Waals surface area contributed by atoms with E-state index in [9.17, 15) is 14.7 Å². The fourth-order valence-electron chi connectivity index (χ4n) is 4.46. The van der Waals surface area contributed by atoms with Gasteiger partial charge in [0.2, 0.25) is 0 Å². The van der Waals surface area contributed by atoms with E-state index in [0.29, 0.717) is 28.2 Å². The Morgan fingerprint density at radius 1 is 1.10 bits per heavy atom. The zero-order valence-electron chi connectivity index (χ0n) is 17.5. The molecule has 1 aromatic heterocycles. The number of thioether (sulfide) groups is 1. The second kappa shape index (κ2) is 10.7. The van der Waals surface area contributed by atoms with Crippen molar-refractivity contribution in [2.24, 2.45) is 0 Å². The fourth-order valence-corrected chi connectivity index (χ4v) is 6.85. The lowest BCUT2D eigenvalue weighted by molar-refractivity contribution is -0.136. The average Bonchev–Trinajstić information content (AvgIpc) is 3.03. The highest BCUT2D eigenvalue weighted by molar-refractivity contribution is 8.01. The van der Waals surface area contributed by atoms with Gasteiger partial charge in [-0.15, -0.1) is 11.8 Å². The van der Waals surface area contributed by atoms with Crippen molar-refractivity contribution in [1.82, 2.24) is 9.88 Å². The first-order valence-corrected chi connectivity index (χ1v) is 12.6. The van der Waals surface area contributed by atoms with Gasteiger partial charge < -0.3 is 10.0 Å². The predicted molar refractivity (Wildman–Crippen MR) is 119 cm³/mol. The van der Waals surface area contributed by atoms with E-state index in [1.807, 2.05) is 0 Å². The third-order valence-corrected chi connectivity index (χ3v) is 7.97. The number of carboxylic acids is 1. The zero-order valence-corrected chi connectivity index (χ0v) is 19.1. The van der Waals surface area contributed by atoms with Gasteiger partial charge in [-0.05, 0) is 25.7 Å². The summed E-state index contributed by atoms with van der Waals surface area (Å²) in [7, 11) is 0. The van der Waals surface area contributed by atoms with Crippen LogP contribution >= 0.6 is 23.1 Å². The van der Waals surface area contributed by atoms with Crippen LogP contribution in [0.5, 0.6) is 0 Å². The van der Waals surface area contributed by atoms with E-state index in [-0.39, 0.29) is 12.5 Å². The monoisotopic (exact) mass is 439 g/mol. The molecule has 8 heteroatoms. The molecule has 0 spiro atoms. The van der Waals surface area contributed by atoms with Gasteiger partial charge in [-0.1, -0.05) is 63.7 Å². The molecule has 0 bridgehead atoms. The van der Waals surface area contributed by atoms with Gasteiger partial charge in [-0.25, -0.2) is 9.78 Å². The number of amides is 2. The van der Waals surface area contributed by atoms with Crippen LogP contribution in [0.15, 0.2) is 4.21 Å². The van der Waals surface area contributed by atoms with Gasteiger partial charge in [0.05, 0.1) is 16.3 Å². The number of hydrogen-bond acceptors (Lipinski definition) is 5. The van der Waals surface area contributed by atoms with E-state index in [2.05, 4.69) is 29.0 Å². The molecule has 0 aromatic carbocycles. The van der Waals surface area contributed by atoms with Crippen LogP contribution in [0.1, 0.15) is 83.7 Å². The van der Waals surface area contributed by atoms with Crippen molar-refractivity contribution in [2.75, 3.05) is 5.32 Å². The van der Waals surface area contributed by atoms with E-state index in [4.69, 9.17) is 0 Å². The van der Waals surface area contributed by atoms with E-state index < -0.39 is 5.97 Å². The molecular weight excluding hydrogens is 406 g/mol. The number of aliphatic carboxylic acids is 1. The van der Waals surface area contributed by atoms with Crippen molar-refractivity contribution >= 4 is 40.2 Å². The molecule has 2 saturated carbocycles. The SMILES string of the molecule is CC(C)Sc1sc(NC(=O)N(C2CCCCC2)C2CCCCC2)nc1CC(=O)O. The smallest absolute Gasteiger partial charge is 0.324 e. The lowest BCUT2D eigenvalue weighted by Crippen LogP contribution is -2.50. The Hall–Kier alpha value is -1.28. The van der Waals surface area contributed by atoms with Gasteiger partial charge in [0, 0.05) is 17.3 Å². The maximum Gasteiger partial charge on any atom is 0.324 e. The van der Waals surface area contributed by atoms with Gasteiger partial charge in [-0.2, -0.15) is 0 Å². The van der Waals surface area contributed by atoms with Crippen LogP contribution in [0.25, 0.3) is 0 Å². The molecule has 0 atom stereocenters. The number of nitrogens with zero attached hydrogens (tertiary/aromatic N) is 2. The molecule has 0 radical (unpaired) electrons. The molecule has 29 heavy (non-hydrogen) atoms. The Labute approximate surface area is 181 Å². The van der Waals surface area contributed by atoms with Crippen molar-refractivity contribution in [1.29, 1.82) is 0 Å². The van der Waals surface area contributed by atoms with Crippen LogP contribution < -0.4 is 5.32 Å². The van der Waals surface area contributed by atoms with Crippen LogP contribution in [0.2, 0.25) is 0 Å². The number of carbonyl (C=O) groups is 2.